The SMILES string of the molecule is CC(=O)OC1CCc2cc(c(O)c3c2CCC2CCCC2O3)CN2CC(Cc3ccnc(N)c3)(CCN=C(N)NC3(CCCC3)SSCCCCCCC(O)C1)CC2=O. The van der Waals surface area contributed by atoms with Crippen LogP contribution in [0.1, 0.15) is 138 Å². The molecule has 3 aliphatic heterocycles. The van der Waals surface area contributed by atoms with E-state index in [4.69, 9.17) is 25.9 Å². The Hall–Kier alpha value is -3.36. The molecule has 5 aliphatic rings. The number of aliphatic imine (C=N–C) groups is 1. The zero-order chi connectivity index (χ0) is 41.4. The highest BCUT2D eigenvalue weighted by molar-refractivity contribution is 8.77. The molecule has 2 saturated carbocycles. The van der Waals surface area contributed by atoms with E-state index in [0.717, 1.165) is 106 Å². The maximum atomic E-state index is 14.1. The van der Waals surface area contributed by atoms with Gasteiger partial charge in [0.05, 0.1) is 11.0 Å². The number of nitrogen functional groups attached to an aromatic ring is 1. The number of rotatable bonds is 3. The maximum Gasteiger partial charge on any atom is 0.302 e. The van der Waals surface area contributed by atoms with Gasteiger partial charge < -0.3 is 41.4 Å². The zero-order valence-corrected chi connectivity index (χ0v) is 36.6. The Morgan fingerprint density at radius 1 is 1.02 bits per heavy atom. The van der Waals surface area contributed by atoms with Crippen LogP contribution in [0, 0.1) is 11.3 Å². The number of aromatic hydroxyl groups is 1. The van der Waals surface area contributed by atoms with Crippen molar-refractivity contribution in [2.75, 3.05) is 24.6 Å². The van der Waals surface area contributed by atoms with Crippen LogP contribution in [0.3, 0.4) is 0 Å². The quantitative estimate of drug-likeness (QED) is 0.153. The summed E-state index contributed by atoms with van der Waals surface area (Å²) in [4.78, 5) is 37.2. The number of aryl methyl sites for hydroxylation is 1. The fraction of sp³-hybridized carbons (Fsp3) is 0.689. The Balaban J connectivity index is 1.19. The number of fused-ring (bicyclic) bond motifs is 7. The second-order valence-electron chi connectivity index (χ2n) is 18.0. The van der Waals surface area contributed by atoms with Gasteiger partial charge in [0.25, 0.3) is 0 Å². The molecule has 12 nitrogen and oxygen atoms in total. The molecule has 3 fully saturated rings. The van der Waals surface area contributed by atoms with Crippen LogP contribution >= 0.6 is 21.6 Å². The van der Waals surface area contributed by atoms with Crippen molar-refractivity contribution in [3.05, 3.63) is 46.6 Å². The van der Waals surface area contributed by atoms with Gasteiger partial charge in [-0.25, -0.2) is 4.98 Å². The number of ether oxygens (including phenoxy) is 2. The van der Waals surface area contributed by atoms with Crippen molar-refractivity contribution >= 4 is 45.2 Å². The molecule has 4 heterocycles. The van der Waals surface area contributed by atoms with Crippen LogP contribution < -0.4 is 21.5 Å². The molecule has 1 aromatic carbocycles. The molecule has 1 aromatic heterocycles. The van der Waals surface area contributed by atoms with Crippen molar-refractivity contribution in [2.45, 2.75) is 165 Å². The highest BCUT2D eigenvalue weighted by Crippen LogP contribution is 2.48. The largest absolute Gasteiger partial charge is 0.504 e. The number of benzene rings is 1. The van der Waals surface area contributed by atoms with Crippen molar-refractivity contribution in [2.24, 2.45) is 22.1 Å². The number of phenolic OH excluding ortho intramolecular Hbond substituents is 1. The van der Waals surface area contributed by atoms with Gasteiger partial charge in [0.1, 0.15) is 18.0 Å². The average Bonchev–Trinajstić information content (AvgIpc) is 3.88. The van der Waals surface area contributed by atoms with Crippen molar-refractivity contribution in [1.82, 2.24) is 15.2 Å². The number of aromatic nitrogens is 1. The number of aliphatic hydroxyl groups excluding tert-OH is 1. The third-order valence-electron chi connectivity index (χ3n) is 13.4. The van der Waals surface area contributed by atoms with Crippen molar-refractivity contribution in [3.8, 4) is 11.5 Å². The molecule has 2 aliphatic carbocycles. The van der Waals surface area contributed by atoms with Gasteiger partial charge in [-0.3, -0.25) is 14.6 Å². The molecule has 1 amide bonds. The summed E-state index contributed by atoms with van der Waals surface area (Å²) in [6.07, 6.45) is 18.1. The maximum absolute atomic E-state index is 14.1. The standard InChI is InChI=1S/C45H66N6O6S2/c1-30(52)56-36-14-12-33-24-34(41(55)42-37(33)15-13-32-9-8-11-38(32)57-42)28-51-29-44(27-40(51)54,26-31-16-20-48-39(46)23-31)19-21-49-43(47)50-45(17-5-6-18-45)59-58-22-7-3-2-4-10-35(53)25-36/h16,20,23-24,32,35-36,38,53,55H,2-15,17-19,21-22,25-29H2,1H3,(H2,46,48)(H3,47,49,50). The molecule has 1 saturated heterocycles. The van der Waals surface area contributed by atoms with Gasteiger partial charge in [-0.05, 0) is 119 Å². The fourth-order valence-corrected chi connectivity index (χ4v) is 13.5. The monoisotopic (exact) mass is 850 g/mol. The summed E-state index contributed by atoms with van der Waals surface area (Å²) in [6, 6.07) is 5.90. The number of aliphatic hydroxyl groups is 1. The van der Waals surface area contributed by atoms with E-state index in [1.807, 2.05) is 44.7 Å². The Bertz CT molecular complexity index is 1810. The zero-order valence-electron chi connectivity index (χ0n) is 34.9. The third kappa shape index (κ3) is 11.5. The first kappa shape index (κ1) is 43.7. The van der Waals surface area contributed by atoms with Crippen molar-refractivity contribution < 1.29 is 29.3 Å². The van der Waals surface area contributed by atoms with Gasteiger partial charge in [-0.15, -0.1) is 0 Å². The summed E-state index contributed by atoms with van der Waals surface area (Å²) in [5.74, 6) is 2.71. The summed E-state index contributed by atoms with van der Waals surface area (Å²) < 4.78 is 12.5. The average molecular weight is 851 g/mol. The molecule has 4 bridgehead atoms. The fourth-order valence-electron chi connectivity index (χ4n) is 10.4. The first-order valence-electron chi connectivity index (χ1n) is 22.2. The number of esters is 1. The molecule has 5 atom stereocenters. The molecule has 14 heteroatoms. The molecule has 0 radical (unpaired) electrons. The van der Waals surface area contributed by atoms with E-state index in [1.165, 1.54) is 6.92 Å². The summed E-state index contributed by atoms with van der Waals surface area (Å²) in [5.41, 5.74) is 16.0. The van der Waals surface area contributed by atoms with E-state index in [-0.39, 0.29) is 35.1 Å². The number of nitrogens with one attached hydrogen (secondary N) is 1. The van der Waals surface area contributed by atoms with E-state index < -0.39 is 17.6 Å². The molecular formula is C45H66N6O6S2. The van der Waals surface area contributed by atoms with Crippen molar-refractivity contribution in [1.29, 1.82) is 0 Å². The van der Waals surface area contributed by atoms with Crippen LogP contribution in [0.5, 0.6) is 11.5 Å². The summed E-state index contributed by atoms with van der Waals surface area (Å²) >= 11 is 0. The minimum Gasteiger partial charge on any atom is -0.504 e. The van der Waals surface area contributed by atoms with E-state index >= 15 is 0 Å². The number of carbonyl (C=O) groups is 2. The molecule has 1 spiro atoms. The Morgan fingerprint density at radius 2 is 1.85 bits per heavy atom. The summed E-state index contributed by atoms with van der Waals surface area (Å²) in [7, 11) is 3.79. The van der Waals surface area contributed by atoms with E-state index in [1.54, 1.807) is 6.20 Å². The van der Waals surface area contributed by atoms with Gasteiger partial charge in [0, 0.05) is 67.9 Å². The number of guanidine groups is 1. The Morgan fingerprint density at radius 3 is 2.66 bits per heavy atom. The summed E-state index contributed by atoms with van der Waals surface area (Å²) in [5, 5.41) is 26.8. The predicted octanol–water partition coefficient (Wildman–Crippen LogP) is 7.35. The van der Waals surface area contributed by atoms with Crippen LogP contribution in [0.25, 0.3) is 0 Å². The number of nitrogens with two attached hydrogens (primary N) is 2. The molecule has 2 aromatic rings. The van der Waals surface area contributed by atoms with Crippen LogP contribution in [0.2, 0.25) is 0 Å². The number of phenols is 1. The van der Waals surface area contributed by atoms with Crippen LogP contribution in [-0.4, -0.2) is 80.0 Å². The minimum atomic E-state index is -0.566. The molecule has 7 N–H and O–H groups in total. The molecular weight excluding hydrogens is 785 g/mol. The molecule has 7 rings (SSSR count). The van der Waals surface area contributed by atoms with Gasteiger partial charge in [-0.1, -0.05) is 53.7 Å². The lowest BCUT2D eigenvalue weighted by Gasteiger charge is -2.30. The van der Waals surface area contributed by atoms with Crippen LogP contribution in [0.4, 0.5) is 5.82 Å². The topological polar surface area (TPSA) is 186 Å². The van der Waals surface area contributed by atoms with Crippen LogP contribution in [-0.2, 0) is 40.1 Å². The van der Waals surface area contributed by atoms with Gasteiger partial charge >= 0.3 is 5.97 Å². The molecule has 324 valence electrons. The smallest absolute Gasteiger partial charge is 0.302 e. The lowest BCUT2D eigenvalue weighted by molar-refractivity contribution is -0.148. The number of pyridine rings is 1. The lowest BCUT2D eigenvalue weighted by Crippen LogP contribution is -2.47. The Labute approximate surface area is 358 Å². The van der Waals surface area contributed by atoms with Gasteiger partial charge in [-0.2, -0.15) is 0 Å². The van der Waals surface area contributed by atoms with Gasteiger partial charge in [0.2, 0.25) is 5.91 Å². The van der Waals surface area contributed by atoms with E-state index in [0.29, 0.717) is 87.0 Å². The number of amides is 1. The number of hydrogen-bond donors (Lipinski definition) is 5. The van der Waals surface area contributed by atoms with Gasteiger partial charge in [0.15, 0.2) is 17.5 Å². The first-order chi connectivity index (χ1) is 28.5. The highest BCUT2D eigenvalue weighted by Gasteiger charge is 2.44. The Kier molecular flexibility index (Phi) is 14.8. The number of carbonyl (C=O) groups excluding carboxylic acids is 2. The molecule has 5 unspecified atom stereocenters. The second-order valence-corrected chi connectivity index (χ2v) is 20.8. The number of anilines is 1. The summed E-state index contributed by atoms with van der Waals surface area (Å²) in [6.45, 7) is 2.62. The van der Waals surface area contributed by atoms with E-state index in [2.05, 4.69) is 10.3 Å². The minimum absolute atomic E-state index is 0.0226. The number of nitrogens with zero attached hydrogens (tertiary/aromatic N) is 3. The predicted molar refractivity (Wildman–Crippen MR) is 236 cm³/mol. The second kappa shape index (κ2) is 20.0. The normalized spacial score (nSPS) is 28.7. The third-order valence-corrected chi connectivity index (χ3v) is 16.6. The highest BCUT2D eigenvalue weighted by atomic mass is 33.1. The molecule has 59 heavy (non-hydrogen) atoms. The van der Waals surface area contributed by atoms with Crippen LogP contribution in [0.15, 0.2) is 29.4 Å². The lowest BCUT2D eigenvalue weighted by atomic mass is 9.78. The van der Waals surface area contributed by atoms with E-state index in [9.17, 15) is 19.8 Å². The number of hydrogen-bond acceptors (Lipinski definition) is 13. The first-order valence-corrected chi connectivity index (χ1v) is 24.6. The van der Waals surface area contributed by atoms with Crippen molar-refractivity contribution in [3.63, 3.8) is 0 Å².